The van der Waals surface area contributed by atoms with Gasteiger partial charge in [0.15, 0.2) is 5.96 Å². The summed E-state index contributed by atoms with van der Waals surface area (Å²) in [6.45, 7) is 4.78. The van der Waals surface area contributed by atoms with Crippen molar-refractivity contribution >= 4 is 29.9 Å². The third-order valence-corrected chi connectivity index (χ3v) is 3.07. The zero-order valence-corrected chi connectivity index (χ0v) is 15.4. The Morgan fingerprint density at radius 2 is 2.08 bits per heavy atom. The normalized spacial score (nSPS) is 10.8. The van der Waals surface area contributed by atoms with Gasteiger partial charge in [-0.05, 0) is 30.3 Å². The Balaban J connectivity index is 0.00000288. The molecule has 0 spiro atoms. The first-order chi connectivity index (χ1) is 11.2. The van der Waals surface area contributed by atoms with E-state index in [0.29, 0.717) is 25.5 Å². The van der Waals surface area contributed by atoms with Crippen molar-refractivity contribution in [1.29, 1.82) is 0 Å². The van der Waals surface area contributed by atoms with Crippen molar-refractivity contribution in [2.24, 2.45) is 4.99 Å². The van der Waals surface area contributed by atoms with E-state index in [9.17, 15) is 8.78 Å². The van der Waals surface area contributed by atoms with Gasteiger partial charge in [-0.2, -0.15) is 0 Å². The lowest BCUT2D eigenvalue weighted by atomic mass is 10.2. The fraction of sp³-hybridized carbons (Fsp3) is 0.235. The van der Waals surface area contributed by atoms with Crippen LogP contribution in [0.1, 0.15) is 11.3 Å². The highest BCUT2D eigenvalue weighted by atomic mass is 127. The summed E-state index contributed by atoms with van der Waals surface area (Å²) in [5, 5.41) is 6.14. The number of rotatable bonds is 7. The van der Waals surface area contributed by atoms with Gasteiger partial charge in [0, 0.05) is 25.1 Å². The number of guanidine groups is 1. The molecular weight excluding hydrogens is 427 g/mol. The van der Waals surface area contributed by atoms with Crippen LogP contribution < -0.4 is 10.6 Å². The van der Waals surface area contributed by atoms with E-state index in [1.807, 2.05) is 12.1 Å². The van der Waals surface area contributed by atoms with Crippen LogP contribution >= 0.6 is 24.0 Å². The average molecular weight is 447 g/mol. The summed E-state index contributed by atoms with van der Waals surface area (Å²) >= 11 is 0. The van der Waals surface area contributed by atoms with Crippen molar-refractivity contribution in [2.45, 2.75) is 13.0 Å². The van der Waals surface area contributed by atoms with Gasteiger partial charge in [-0.25, -0.2) is 13.8 Å². The monoisotopic (exact) mass is 447 g/mol. The van der Waals surface area contributed by atoms with Crippen molar-refractivity contribution in [3.05, 3.63) is 72.2 Å². The highest BCUT2D eigenvalue weighted by Crippen LogP contribution is 2.10. The molecule has 0 fully saturated rings. The van der Waals surface area contributed by atoms with Gasteiger partial charge in [-0.15, -0.1) is 30.6 Å². The van der Waals surface area contributed by atoms with Crippen molar-refractivity contribution in [1.82, 2.24) is 10.6 Å². The molecule has 0 aliphatic carbocycles. The topological polar surface area (TPSA) is 49.6 Å². The quantitative estimate of drug-likeness (QED) is 0.295. The predicted octanol–water partition coefficient (Wildman–Crippen LogP) is 3.64. The zero-order valence-electron chi connectivity index (χ0n) is 13.1. The minimum absolute atomic E-state index is 0. The van der Waals surface area contributed by atoms with E-state index in [-0.39, 0.29) is 36.1 Å². The third-order valence-electron chi connectivity index (χ3n) is 3.07. The van der Waals surface area contributed by atoms with Crippen molar-refractivity contribution < 1.29 is 13.2 Å². The van der Waals surface area contributed by atoms with Crippen LogP contribution in [0.2, 0.25) is 0 Å². The van der Waals surface area contributed by atoms with Crippen LogP contribution in [-0.4, -0.2) is 19.0 Å². The summed E-state index contributed by atoms with van der Waals surface area (Å²) in [7, 11) is 0. The van der Waals surface area contributed by atoms with Crippen LogP contribution in [0.4, 0.5) is 8.78 Å². The molecule has 0 aliphatic rings. The van der Waals surface area contributed by atoms with Gasteiger partial charge in [-0.3, -0.25) is 0 Å². The van der Waals surface area contributed by atoms with Gasteiger partial charge >= 0.3 is 0 Å². The first-order valence-corrected chi connectivity index (χ1v) is 7.28. The van der Waals surface area contributed by atoms with Gasteiger partial charge < -0.3 is 15.1 Å². The molecule has 0 bridgehead atoms. The molecule has 0 radical (unpaired) electrons. The summed E-state index contributed by atoms with van der Waals surface area (Å²) in [6, 6.07) is 7.04. The van der Waals surface area contributed by atoms with Crippen molar-refractivity contribution in [3.63, 3.8) is 0 Å². The number of furan rings is 1. The average Bonchev–Trinajstić information content (AvgIpc) is 3.05. The lowest BCUT2D eigenvalue weighted by Crippen LogP contribution is -2.38. The van der Waals surface area contributed by atoms with E-state index in [4.69, 9.17) is 4.42 Å². The first kappa shape index (κ1) is 20.1. The Morgan fingerprint density at radius 1 is 1.25 bits per heavy atom. The zero-order chi connectivity index (χ0) is 16.5. The second-order valence-corrected chi connectivity index (χ2v) is 4.83. The van der Waals surface area contributed by atoms with Crippen LogP contribution in [0, 0.1) is 11.6 Å². The van der Waals surface area contributed by atoms with Gasteiger partial charge in [-0.1, -0.05) is 6.08 Å². The molecule has 0 amide bonds. The number of hydrogen-bond acceptors (Lipinski definition) is 2. The Bertz CT molecular complexity index is 660. The number of halogens is 3. The van der Waals surface area contributed by atoms with E-state index in [1.54, 1.807) is 12.3 Å². The third kappa shape index (κ3) is 6.69. The molecule has 1 heterocycles. The van der Waals surface area contributed by atoms with Crippen LogP contribution in [0.15, 0.2) is 58.7 Å². The van der Waals surface area contributed by atoms with Gasteiger partial charge in [0.25, 0.3) is 0 Å². The van der Waals surface area contributed by atoms with E-state index < -0.39 is 11.6 Å². The molecule has 0 aliphatic heterocycles. The second-order valence-electron chi connectivity index (χ2n) is 4.83. The maximum absolute atomic E-state index is 13.6. The smallest absolute Gasteiger partial charge is 0.191 e. The van der Waals surface area contributed by atoms with E-state index in [2.05, 4.69) is 22.2 Å². The molecular formula is C17H20F2IN3O. The molecule has 0 saturated carbocycles. The molecule has 1 aromatic carbocycles. The molecule has 130 valence electrons. The summed E-state index contributed by atoms with van der Waals surface area (Å²) in [5.74, 6) is 0.397. The Morgan fingerprint density at radius 3 is 2.79 bits per heavy atom. The molecule has 0 atom stereocenters. The fourth-order valence-electron chi connectivity index (χ4n) is 1.93. The van der Waals surface area contributed by atoms with E-state index in [1.165, 1.54) is 0 Å². The number of nitrogens with zero attached hydrogens (tertiary/aromatic N) is 1. The first-order valence-electron chi connectivity index (χ1n) is 7.28. The molecule has 0 saturated heterocycles. The molecule has 24 heavy (non-hydrogen) atoms. The Hall–Kier alpha value is -1.90. The highest BCUT2D eigenvalue weighted by Gasteiger charge is 2.04. The van der Waals surface area contributed by atoms with E-state index in [0.717, 1.165) is 24.0 Å². The highest BCUT2D eigenvalue weighted by molar-refractivity contribution is 14.0. The molecule has 7 heteroatoms. The minimum Gasteiger partial charge on any atom is -0.469 e. The van der Waals surface area contributed by atoms with Crippen LogP contribution in [0.5, 0.6) is 0 Å². The maximum Gasteiger partial charge on any atom is 0.191 e. The Labute approximate surface area is 157 Å². The number of hydrogen-bond donors (Lipinski definition) is 2. The largest absolute Gasteiger partial charge is 0.469 e. The number of aliphatic imine (C=N–C) groups is 1. The Kier molecular flexibility index (Phi) is 9.06. The fourth-order valence-corrected chi connectivity index (χ4v) is 1.93. The lowest BCUT2D eigenvalue weighted by molar-refractivity contribution is 0.507. The van der Waals surface area contributed by atoms with Gasteiger partial charge in [0.2, 0.25) is 0 Å². The summed E-state index contributed by atoms with van der Waals surface area (Å²) < 4.78 is 32.0. The van der Waals surface area contributed by atoms with Crippen LogP contribution in [-0.2, 0) is 13.0 Å². The van der Waals surface area contributed by atoms with E-state index >= 15 is 0 Å². The SMILES string of the molecule is C=CCNC(=NCc1cc(F)ccc1F)NCCc1ccco1.I. The summed E-state index contributed by atoms with van der Waals surface area (Å²) in [4.78, 5) is 4.26. The molecule has 2 rings (SSSR count). The lowest BCUT2D eigenvalue weighted by Gasteiger charge is -2.11. The standard InChI is InChI=1S/C17H19F2N3O.HI/c1-2-8-20-17(21-9-7-15-4-3-10-23-15)22-12-13-11-14(18)5-6-16(13)19;/h2-6,10-11H,1,7-9,12H2,(H2,20,21,22);1H. The van der Waals surface area contributed by atoms with Crippen LogP contribution in [0.3, 0.4) is 0 Å². The molecule has 2 N–H and O–H groups in total. The maximum atomic E-state index is 13.6. The molecule has 4 nitrogen and oxygen atoms in total. The molecule has 0 unspecified atom stereocenters. The number of nitrogens with one attached hydrogen (secondary N) is 2. The minimum atomic E-state index is -0.483. The number of benzene rings is 1. The summed E-state index contributed by atoms with van der Waals surface area (Å²) in [6.07, 6.45) is 4.00. The van der Waals surface area contributed by atoms with Crippen LogP contribution in [0.25, 0.3) is 0 Å². The van der Waals surface area contributed by atoms with Crippen molar-refractivity contribution in [3.8, 4) is 0 Å². The van der Waals surface area contributed by atoms with Crippen molar-refractivity contribution in [2.75, 3.05) is 13.1 Å². The summed E-state index contributed by atoms with van der Waals surface area (Å²) in [5.41, 5.74) is 0.204. The molecule has 1 aromatic heterocycles. The van der Waals surface area contributed by atoms with Gasteiger partial charge in [0.05, 0.1) is 12.8 Å². The van der Waals surface area contributed by atoms with Gasteiger partial charge in [0.1, 0.15) is 17.4 Å². The molecule has 2 aromatic rings. The second kappa shape index (κ2) is 10.8. The predicted molar refractivity (Wildman–Crippen MR) is 102 cm³/mol.